The van der Waals surface area contributed by atoms with E-state index in [1.165, 1.54) is 18.2 Å². The summed E-state index contributed by atoms with van der Waals surface area (Å²) in [4.78, 5) is 17.2. The lowest BCUT2D eigenvalue weighted by Crippen LogP contribution is -2.38. The number of aliphatic hydroxyl groups excluding tert-OH is 1. The number of hydrogen-bond acceptors (Lipinski definition) is 8. The maximum atomic E-state index is 14.1. The molecule has 4 aromatic rings. The van der Waals surface area contributed by atoms with Crippen molar-refractivity contribution in [1.29, 1.82) is 0 Å². The van der Waals surface area contributed by atoms with Crippen LogP contribution in [-0.2, 0) is 11.0 Å². The standard InChI is InChI=1S/C27H24ClF3N4O5/c28-19-6-2-1-5-18(19)24-22(27(29,30)31)23(33-39-24)26-32-25(34-40-26)17-9-7-16(8-10-17)20(36)14-35-11-3-4-15(13-35)12-21(37)38/h1-2,5-10,15,20,36H,3-4,11-14H2,(H,37,38)/t15-,20+/m1/s1. The summed E-state index contributed by atoms with van der Waals surface area (Å²) in [6, 6.07) is 12.5. The maximum absolute atomic E-state index is 14.1. The Labute approximate surface area is 231 Å². The van der Waals surface area contributed by atoms with Gasteiger partial charge in [-0.1, -0.05) is 58.3 Å². The van der Waals surface area contributed by atoms with Crippen LogP contribution in [0.4, 0.5) is 13.2 Å². The van der Waals surface area contributed by atoms with Crippen molar-refractivity contribution < 1.29 is 37.2 Å². The first-order valence-corrected chi connectivity index (χ1v) is 12.9. The van der Waals surface area contributed by atoms with Crippen molar-refractivity contribution in [2.45, 2.75) is 31.5 Å². The van der Waals surface area contributed by atoms with Gasteiger partial charge < -0.3 is 24.2 Å². The first kappa shape index (κ1) is 27.8. The number of carboxylic acids is 1. The van der Waals surface area contributed by atoms with E-state index in [9.17, 15) is 23.1 Å². The molecule has 0 radical (unpaired) electrons. The van der Waals surface area contributed by atoms with E-state index in [-0.39, 0.29) is 28.7 Å². The molecule has 1 aliphatic rings. The van der Waals surface area contributed by atoms with Crippen LogP contribution in [0, 0.1) is 5.92 Å². The minimum absolute atomic E-state index is 0.0195. The number of carboxylic acid groups (broad SMARTS) is 1. The molecule has 13 heteroatoms. The quantitative estimate of drug-likeness (QED) is 0.261. The second-order valence-corrected chi connectivity index (χ2v) is 10.0. The molecule has 0 saturated carbocycles. The van der Waals surface area contributed by atoms with Crippen LogP contribution in [0.5, 0.6) is 0 Å². The summed E-state index contributed by atoms with van der Waals surface area (Å²) in [5.41, 5.74) is -0.749. The zero-order chi connectivity index (χ0) is 28.4. The van der Waals surface area contributed by atoms with Crippen LogP contribution in [0.15, 0.2) is 57.6 Å². The zero-order valence-corrected chi connectivity index (χ0v) is 21.7. The Morgan fingerprint density at radius 3 is 2.58 bits per heavy atom. The Morgan fingerprint density at radius 2 is 1.88 bits per heavy atom. The van der Waals surface area contributed by atoms with Crippen molar-refractivity contribution >= 4 is 17.6 Å². The average molecular weight is 577 g/mol. The van der Waals surface area contributed by atoms with E-state index in [1.54, 1.807) is 30.3 Å². The lowest BCUT2D eigenvalue weighted by molar-refractivity contribution is -0.139. The Hall–Kier alpha value is -3.74. The minimum Gasteiger partial charge on any atom is -0.481 e. The molecule has 2 aromatic carbocycles. The number of carbonyl (C=O) groups is 1. The number of likely N-dealkylation sites (tertiary alicyclic amines) is 1. The number of piperidine rings is 1. The Bertz CT molecular complexity index is 1490. The van der Waals surface area contributed by atoms with Gasteiger partial charge in [0.15, 0.2) is 11.5 Å². The van der Waals surface area contributed by atoms with Gasteiger partial charge in [0.05, 0.1) is 11.1 Å². The van der Waals surface area contributed by atoms with Crippen molar-refractivity contribution in [3.8, 4) is 34.3 Å². The van der Waals surface area contributed by atoms with E-state index >= 15 is 0 Å². The van der Waals surface area contributed by atoms with E-state index in [1.807, 2.05) is 4.90 Å². The molecule has 9 nitrogen and oxygen atoms in total. The third-order valence-corrected chi connectivity index (χ3v) is 7.10. The average Bonchev–Trinajstić information content (AvgIpc) is 3.57. The number of halogens is 4. The van der Waals surface area contributed by atoms with Crippen LogP contribution in [0.2, 0.25) is 5.02 Å². The van der Waals surface area contributed by atoms with Crippen LogP contribution in [-0.4, -0.2) is 56.0 Å². The third kappa shape index (κ3) is 6.03. The fourth-order valence-corrected chi connectivity index (χ4v) is 5.12. The van der Waals surface area contributed by atoms with E-state index in [4.69, 9.17) is 25.8 Å². The summed E-state index contributed by atoms with van der Waals surface area (Å²) < 4.78 is 52.3. The summed E-state index contributed by atoms with van der Waals surface area (Å²) >= 11 is 6.09. The second kappa shape index (κ2) is 11.4. The first-order chi connectivity index (χ1) is 19.1. The van der Waals surface area contributed by atoms with E-state index in [2.05, 4.69) is 15.3 Å². The molecular weight excluding hydrogens is 553 g/mol. The fraction of sp³-hybridized carbons (Fsp3) is 0.333. The minimum atomic E-state index is -4.85. The molecular formula is C27H24ClF3N4O5. The molecule has 0 spiro atoms. The van der Waals surface area contributed by atoms with Gasteiger partial charge in [0, 0.05) is 30.6 Å². The number of aliphatic carboxylic acids is 1. The van der Waals surface area contributed by atoms with Crippen LogP contribution in [0.3, 0.4) is 0 Å². The Morgan fingerprint density at radius 1 is 1.12 bits per heavy atom. The molecule has 5 rings (SSSR count). The van der Waals surface area contributed by atoms with Crippen molar-refractivity contribution in [3.63, 3.8) is 0 Å². The number of aromatic nitrogens is 3. The number of hydrogen-bond donors (Lipinski definition) is 2. The predicted octanol–water partition coefficient (Wildman–Crippen LogP) is 5.95. The molecule has 0 bridgehead atoms. The van der Waals surface area contributed by atoms with Crippen LogP contribution in [0.1, 0.15) is 36.5 Å². The molecule has 0 unspecified atom stereocenters. The number of rotatable bonds is 8. The first-order valence-electron chi connectivity index (χ1n) is 12.5. The van der Waals surface area contributed by atoms with Crippen LogP contribution < -0.4 is 0 Å². The largest absolute Gasteiger partial charge is 0.481 e. The summed E-state index contributed by atoms with van der Waals surface area (Å²) in [6.07, 6.45) is -3.84. The smallest absolute Gasteiger partial charge is 0.422 e. The van der Waals surface area contributed by atoms with Crippen molar-refractivity contribution in [2.75, 3.05) is 19.6 Å². The van der Waals surface area contributed by atoms with Gasteiger partial charge >= 0.3 is 12.1 Å². The zero-order valence-electron chi connectivity index (χ0n) is 20.9. The van der Waals surface area contributed by atoms with Gasteiger partial charge in [0.1, 0.15) is 5.56 Å². The maximum Gasteiger partial charge on any atom is 0.422 e. The Balaban J connectivity index is 1.33. The number of aliphatic hydroxyl groups is 1. The summed E-state index contributed by atoms with van der Waals surface area (Å²) in [5.74, 6) is -1.79. The van der Waals surface area contributed by atoms with E-state index < -0.39 is 41.2 Å². The normalized spacial score (nSPS) is 17.2. The van der Waals surface area contributed by atoms with Gasteiger partial charge in [0.25, 0.3) is 5.89 Å². The van der Waals surface area contributed by atoms with Gasteiger partial charge in [-0.15, -0.1) is 0 Å². The SMILES string of the molecule is O=C(O)C[C@H]1CCCN(C[C@H](O)c2ccc(-c3noc(-c4noc(-c5ccccc5Cl)c4C(F)(F)F)n3)cc2)C1. The van der Waals surface area contributed by atoms with Crippen LogP contribution >= 0.6 is 11.6 Å². The highest BCUT2D eigenvalue weighted by molar-refractivity contribution is 6.33. The molecule has 2 aromatic heterocycles. The van der Waals surface area contributed by atoms with Gasteiger partial charge in [-0.3, -0.25) is 4.79 Å². The van der Waals surface area contributed by atoms with Crippen LogP contribution in [0.25, 0.3) is 34.3 Å². The van der Waals surface area contributed by atoms with Crippen molar-refractivity contribution in [1.82, 2.24) is 20.2 Å². The molecule has 0 amide bonds. The lowest BCUT2D eigenvalue weighted by atomic mass is 9.94. The molecule has 2 atom stereocenters. The topological polar surface area (TPSA) is 126 Å². The molecule has 1 fully saturated rings. The molecule has 3 heterocycles. The Kier molecular flexibility index (Phi) is 7.92. The van der Waals surface area contributed by atoms with E-state index in [0.717, 1.165) is 19.4 Å². The van der Waals surface area contributed by atoms with Gasteiger partial charge in [-0.05, 0) is 43.0 Å². The molecule has 40 heavy (non-hydrogen) atoms. The second-order valence-electron chi connectivity index (χ2n) is 9.64. The molecule has 1 aliphatic heterocycles. The van der Waals surface area contributed by atoms with E-state index in [0.29, 0.717) is 24.2 Å². The van der Waals surface area contributed by atoms with Gasteiger partial charge in [0.2, 0.25) is 5.82 Å². The predicted molar refractivity (Wildman–Crippen MR) is 137 cm³/mol. The monoisotopic (exact) mass is 576 g/mol. The highest BCUT2D eigenvalue weighted by Gasteiger charge is 2.43. The summed E-state index contributed by atoms with van der Waals surface area (Å²) in [6.45, 7) is 1.73. The van der Waals surface area contributed by atoms with Gasteiger partial charge in [-0.25, -0.2) is 0 Å². The summed E-state index contributed by atoms with van der Waals surface area (Å²) in [5, 5.41) is 27.2. The number of nitrogens with zero attached hydrogens (tertiary/aromatic N) is 4. The molecule has 0 aliphatic carbocycles. The highest BCUT2D eigenvalue weighted by atomic mass is 35.5. The van der Waals surface area contributed by atoms with Crippen molar-refractivity contribution in [3.05, 3.63) is 64.7 Å². The van der Waals surface area contributed by atoms with Gasteiger partial charge in [-0.2, -0.15) is 18.2 Å². The third-order valence-electron chi connectivity index (χ3n) is 6.77. The fourth-order valence-electron chi connectivity index (χ4n) is 4.90. The lowest BCUT2D eigenvalue weighted by Gasteiger charge is -2.33. The van der Waals surface area contributed by atoms with Crippen molar-refractivity contribution in [2.24, 2.45) is 5.92 Å². The molecule has 210 valence electrons. The number of alkyl halides is 3. The summed E-state index contributed by atoms with van der Waals surface area (Å²) in [7, 11) is 0. The molecule has 2 N–H and O–H groups in total. The number of β-amino-alcohol motifs (C(OH)–C–C–N with tert-alkyl or cyclic N) is 1. The number of benzene rings is 2. The highest BCUT2D eigenvalue weighted by Crippen LogP contribution is 2.44. The molecule has 1 saturated heterocycles.